The van der Waals surface area contributed by atoms with E-state index in [1.807, 2.05) is 0 Å². The van der Waals surface area contributed by atoms with Gasteiger partial charge in [0.2, 0.25) is 0 Å². The van der Waals surface area contributed by atoms with Gasteiger partial charge in [0.25, 0.3) is 0 Å². The molecule has 0 fully saturated rings. The highest BCUT2D eigenvalue weighted by molar-refractivity contribution is 5.75. The van der Waals surface area contributed by atoms with Gasteiger partial charge in [0.05, 0.1) is 7.11 Å². The molecule has 0 bridgehead atoms. The first kappa shape index (κ1) is 12.2. The number of benzene rings is 1. The maximum Gasteiger partial charge on any atom is 0.305 e. The Morgan fingerprint density at radius 1 is 1.50 bits per heavy atom. The molecule has 0 saturated carbocycles. The predicted molar refractivity (Wildman–Crippen MR) is 58.4 cm³/mol. The van der Waals surface area contributed by atoms with Gasteiger partial charge in [-0.2, -0.15) is 0 Å². The first-order valence-electron chi connectivity index (χ1n) is 5.01. The fraction of sp³-hybridized carbons (Fsp3) is 0.333. The Labute approximate surface area is 93.9 Å². The molecule has 1 aromatic carbocycles. The smallest absolute Gasteiger partial charge is 0.305 e. The van der Waals surface area contributed by atoms with E-state index in [-0.39, 0.29) is 11.7 Å². The van der Waals surface area contributed by atoms with Crippen molar-refractivity contribution in [2.75, 3.05) is 7.11 Å². The maximum absolute atomic E-state index is 10.9. The molecule has 1 rings (SSSR count). The van der Waals surface area contributed by atoms with Crippen LogP contribution in [-0.2, 0) is 16.0 Å². The van der Waals surface area contributed by atoms with Gasteiger partial charge in [0.1, 0.15) is 12.0 Å². The Morgan fingerprint density at radius 2 is 2.25 bits per heavy atom. The quantitative estimate of drug-likeness (QED) is 0.608. The van der Waals surface area contributed by atoms with Crippen molar-refractivity contribution in [2.24, 2.45) is 0 Å². The highest BCUT2D eigenvalue weighted by Crippen LogP contribution is 2.19. The molecule has 1 aromatic rings. The summed E-state index contributed by atoms with van der Waals surface area (Å²) in [6.07, 6.45) is 2.16. The number of rotatable bonds is 5. The topological polar surface area (TPSA) is 63.6 Å². The predicted octanol–water partition coefficient (Wildman–Crippen LogP) is 1.70. The number of phenols is 1. The van der Waals surface area contributed by atoms with E-state index in [1.54, 1.807) is 12.1 Å². The molecule has 0 spiro atoms. The molecular formula is C12H14O4. The van der Waals surface area contributed by atoms with Gasteiger partial charge >= 0.3 is 5.97 Å². The van der Waals surface area contributed by atoms with Crippen LogP contribution in [0.1, 0.15) is 28.8 Å². The van der Waals surface area contributed by atoms with Crippen molar-refractivity contribution >= 4 is 12.3 Å². The van der Waals surface area contributed by atoms with Crippen LogP contribution in [0.2, 0.25) is 0 Å². The van der Waals surface area contributed by atoms with Gasteiger partial charge in [0.15, 0.2) is 0 Å². The average molecular weight is 222 g/mol. The minimum atomic E-state index is -0.272. The van der Waals surface area contributed by atoms with Crippen LogP contribution < -0.4 is 0 Å². The van der Waals surface area contributed by atoms with E-state index in [1.165, 1.54) is 13.2 Å². The van der Waals surface area contributed by atoms with Crippen LogP contribution in [-0.4, -0.2) is 24.5 Å². The largest absolute Gasteiger partial charge is 0.508 e. The van der Waals surface area contributed by atoms with Crippen molar-refractivity contribution in [3.8, 4) is 5.75 Å². The van der Waals surface area contributed by atoms with Crippen molar-refractivity contribution in [1.82, 2.24) is 0 Å². The number of methoxy groups -OCH3 is 1. The van der Waals surface area contributed by atoms with Crippen molar-refractivity contribution in [3.05, 3.63) is 29.3 Å². The summed E-state index contributed by atoms with van der Waals surface area (Å²) in [6.45, 7) is 0. The maximum atomic E-state index is 10.9. The van der Waals surface area contributed by atoms with E-state index in [0.717, 1.165) is 6.29 Å². The summed E-state index contributed by atoms with van der Waals surface area (Å²) in [4.78, 5) is 21.4. The molecule has 0 amide bonds. The number of aldehydes is 1. The zero-order valence-corrected chi connectivity index (χ0v) is 9.10. The molecule has 16 heavy (non-hydrogen) atoms. The molecular weight excluding hydrogens is 208 g/mol. The molecule has 4 heteroatoms. The van der Waals surface area contributed by atoms with Gasteiger partial charge in [-0.25, -0.2) is 0 Å². The zero-order valence-electron chi connectivity index (χ0n) is 9.10. The Hall–Kier alpha value is -1.84. The van der Waals surface area contributed by atoms with Crippen LogP contribution in [0.4, 0.5) is 0 Å². The van der Waals surface area contributed by atoms with Gasteiger partial charge < -0.3 is 9.84 Å². The lowest BCUT2D eigenvalue weighted by atomic mass is 10.0. The number of hydrogen-bond acceptors (Lipinski definition) is 4. The molecule has 0 aliphatic rings. The van der Waals surface area contributed by atoms with Crippen LogP contribution in [0.15, 0.2) is 18.2 Å². The van der Waals surface area contributed by atoms with Gasteiger partial charge in [-0.05, 0) is 36.6 Å². The summed E-state index contributed by atoms with van der Waals surface area (Å²) < 4.78 is 4.51. The van der Waals surface area contributed by atoms with Crippen LogP contribution in [0.5, 0.6) is 5.75 Å². The zero-order chi connectivity index (χ0) is 12.0. The van der Waals surface area contributed by atoms with E-state index in [4.69, 9.17) is 0 Å². The first-order valence-corrected chi connectivity index (χ1v) is 5.01. The summed E-state index contributed by atoms with van der Waals surface area (Å²) in [5, 5.41) is 9.52. The number of esters is 1. The standard InChI is InChI=1S/C12H14O4/c1-16-12(15)4-2-3-10-7-9(8-13)5-6-11(10)14/h5-8,14H,2-4H2,1H3. The average Bonchev–Trinajstić information content (AvgIpc) is 2.31. The molecule has 1 N–H and O–H groups in total. The van der Waals surface area contributed by atoms with E-state index < -0.39 is 0 Å². The molecule has 4 nitrogen and oxygen atoms in total. The molecule has 0 saturated heterocycles. The van der Waals surface area contributed by atoms with E-state index >= 15 is 0 Å². The molecule has 0 aliphatic carbocycles. The number of hydrogen-bond donors (Lipinski definition) is 1. The molecule has 0 aromatic heterocycles. The Kier molecular flexibility index (Phi) is 4.51. The Bertz CT molecular complexity index is 385. The molecule has 0 aliphatic heterocycles. The summed E-state index contributed by atoms with van der Waals surface area (Å²) in [5.41, 5.74) is 1.19. The van der Waals surface area contributed by atoms with Gasteiger partial charge in [-0.1, -0.05) is 0 Å². The molecule has 0 heterocycles. The normalized spacial score (nSPS) is 9.81. The van der Waals surface area contributed by atoms with Crippen molar-refractivity contribution in [3.63, 3.8) is 0 Å². The lowest BCUT2D eigenvalue weighted by Crippen LogP contribution is -2.00. The summed E-state index contributed by atoms with van der Waals surface area (Å²) in [6, 6.07) is 4.66. The van der Waals surface area contributed by atoms with Gasteiger partial charge in [-0.15, -0.1) is 0 Å². The minimum absolute atomic E-state index is 0.149. The molecule has 86 valence electrons. The highest BCUT2D eigenvalue weighted by Gasteiger charge is 2.05. The molecule has 0 atom stereocenters. The van der Waals surface area contributed by atoms with E-state index in [2.05, 4.69) is 4.74 Å². The van der Waals surface area contributed by atoms with Crippen molar-refractivity contribution in [2.45, 2.75) is 19.3 Å². The van der Waals surface area contributed by atoms with E-state index in [0.29, 0.717) is 30.4 Å². The fourth-order valence-electron chi connectivity index (χ4n) is 1.40. The van der Waals surface area contributed by atoms with Crippen LogP contribution in [0.25, 0.3) is 0 Å². The monoisotopic (exact) mass is 222 g/mol. The number of carbonyl (C=O) groups excluding carboxylic acids is 2. The van der Waals surface area contributed by atoms with Gasteiger partial charge in [-0.3, -0.25) is 9.59 Å². The summed E-state index contributed by atoms with van der Waals surface area (Å²) in [5.74, 6) is -0.124. The van der Waals surface area contributed by atoms with Crippen LogP contribution >= 0.6 is 0 Å². The summed E-state index contributed by atoms with van der Waals surface area (Å²) in [7, 11) is 1.34. The van der Waals surface area contributed by atoms with Crippen LogP contribution in [0, 0.1) is 0 Å². The highest BCUT2D eigenvalue weighted by atomic mass is 16.5. The lowest BCUT2D eigenvalue weighted by Gasteiger charge is -2.04. The van der Waals surface area contributed by atoms with E-state index in [9.17, 15) is 14.7 Å². The Balaban J connectivity index is 2.59. The lowest BCUT2D eigenvalue weighted by molar-refractivity contribution is -0.140. The molecule has 0 unspecified atom stereocenters. The third kappa shape index (κ3) is 3.38. The third-order valence-corrected chi connectivity index (χ3v) is 2.29. The molecule has 0 radical (unpaired) electrons. The second kappa shape index (κ2) is 5.90. The number of ether oxygens (including phenoxy) is 1. The van der Waals surface area contributed by atoms with Crippen LogP contribution in [0.3, 0.4) is 0 Å². The third-order valence-electron chi connectivity index (χ3n) is 2.29. The number of carbonyl (C=O) groups is 2. The number of phenolic OH excluding ortho intramolecular Hbond substituents is 1. The first-order chi connectivity index (χ1) is 7.67. The second-order valence-corrected chi connectivity index (χ2v) is 3.44. The van der Waals surface area contributed by atoms with Crippen molar-refractivity contribution in [1.29, 1.82) is 0 Å². The number of aryl methyl sites for hydroxylation is 1. The van der Waals surface area contributed by atoms with Gasteiger partial charge in [0, 0.05) is 12.0 Å². The van der Waals surface area contributed by atoms with Crippen molar-refractivity contribution < 1.29 is 19.4 Å². The fourth-order valence-corrected chi connectivity index (χ4v) is 1.40. The second-order valence-electron chi connectivity index (χ2n) is 3.44. The Morgan fingerprint density at radius 3 is 2.88 bits per heavy atom. The minimum Gasteiger partial charge on any atom is -0.508 e. The SMILES string of the molecule is COC(=O)CCCc1cc(C=O)ccc1O. The summed E-state index contributed by atoms with van der Waals surface area (Å²) >= 11 is 0. The number of aromatic hydroxyl groups is 1.